The Labute approximate surface area is 126 Å². The van der Waals surface area contributed by atoms with Crippen LogP contribution in [0.2, 0.25) is 0 Å². The summed E-state index contributed by atoms with van der Waals surface area (Å²) >= 11 is 10.2. The number of aryl methyl sites for hydroxylation is 1. The summed E-state index contributed by atoms with van der Waals surface area (Å²) in [6, 6.07) is 12.5. The standard InChI is InChI=1S/C16H14BrClO/c1-10-2-4-14(17)13(8-10)16(18)12-3-5-15-11(9-12)6-7-19-15/h2-5,8-9,16H,6-7H2,1H3. The third-order valence-electron chi connectivity index (χ3n) is 3.43. The SMILES string of the molecule is Cc1ccc(Br)c(C(Cl)c2ccc3c(c2)CCO3)c1. The van der Waals surface area contributed by atoms with Gasteiger partial charge in [-0.3, -0.25) is 0 Å². The minimum atomic E-state index is -0.139. The second-order valence-corrected chi connectivity index (χ2v) is 6.14. The van der Waals surface area contributed by atoms with Gasteiger partial charge in [-0.2, -0.15) is 0 Å². The van der Waals surface area contributed by atoms with Gasteiger partial charge in [0.15, 0.2) is 0 Å². The molecule has 0 saturated heterocycles. The van der Waals surface area contributed by atoms with E-state index in [0.29, 0.717) is 0 Å². The van der Waals surface area contributed by atoms with E-state index in [-0.39, 0.29) is 5.38 Å². The molecule has 1 aliphatic rings. The van der Waals surface area contributed by atoms with Crippen LogP contribution < -0.4 is 4.74 Å². The Bertz CT molecular complexity index is 624. The minimum Gasteiger partial charge on any atom is -0.493 e. The van der Waals surface area contributed by atoms with Crippen LogP contribution in [0.5, 0.6) is 5.75 Å². The van der Waals surface area contributed by atoms with Crippen LogP contribution in [0.15, 0.2) is 40.9 Å². The maximum Gasteiger partial charge on any atom is 0.122 e. The first-order chi connectivity index (χ1) is 9.15. The van der Waals surface area contributed by atoms with Crippen LogP contribution in [0, 0.1) is 6.92 Å². The maximum atomic E-state index is 6.64. The van der Waals surface area contributed by atoms with E-state index in [0.717, 1.165) is 34.4 Å². The number of benzene rings is 2. The first-order valence-corrected chi connectivity index (χ1v) is 7.54. The molecule has 0 radical (unpaired) electrons. The molecule has 98 valence electrons. The Balaban J connectivity index is 1.99. The second-order valence-electron chi connectivity index (χ2n) is 4.85. The van der Waals surface area contributed by atoms with E-state index in [9.17, 15) is 0 Å². The van der Waals surface area contributed by atoms with Crippen LogP contribution in [-0.2, 0) is 6.42 Å². The molecular weight excluding hydrogens is 324 g/mol. The zero-order valence-corrected chi connectivity index (χ0v) is 13.0. The van der Waals surface area contributed by atoms with Crippen LogP contribution in [-0.4, -0.2) is 6.61 Å². The van der Waals surface area contributed by atoms with Gasteiger partial charge in [0, 0.05) is 10.9 Å². The van der Waals surface area contributed by atoms with Crippen molar-refractivity contribution in [2.75, 3.05) is 6.61 Å². The molecule has 0 aliphatic carbocycles. The van der Waals surface area contributed by atoms with Crippen molar-refractivity contribution in [3.63, 3.8) is 0 Å². The summed E-state index contributed by atoms with van der Waals surface area (Å²) in [5.41, 5.74) is 4.71. The molecular formula is C16H14BrClO. The summed E-state index contributed by atoms with van der Waals surface area (Å²) in [7, 11) is 0. The van der Waals surface area contributed by atoms with Crippen LogP contribution in [0.3, 0.4) is 0 Å². The molecule has 3 heteroatoms. The molecule has 1 atom stereocenters. The van der Waals surface area contributed by atoms with E-state index >= 15 is 0 Å². The third-order valence-corrected chi connectivity index (χ3v) is 4.64. The number of ether oxygens (including phenoxy) is 1. The van der Waals surface area contributed by atoms with Gasteiger partial charge in [-0.05, 0) is 35.7 Å². The van der Waals surface area contributed by atoms with Crippen molar-refractivity contribution in [3.8, 4) is 5.75 Å². The molecule has 0 saturated carbocycles. The van der Waals surface area contributed by atoms with Crippen molar-refractivity contribution in [1.29, 1.82) is 0 Å². The molecule has 2 aromatic rings. The highest BCUT2D eigenvalue weighted by atomic mass is 79.9. The molecule has 1 nitrogen and oxygen atoms in total. The normalized spacial score (nSPS) is 14.9. The number of hydrogen-bond acceptors (Lipinski definition) is 1. The highest BCUT2D eigenvalue weighted by Gasteiger charge is 2.18. The molecule has 1 heterocycles. The molecule has 0 bridgehead atoms. The van der Waals surface area contributed by atoms with E-state index in [2.05, 4.69) is 53.2 Å². The lowest BCUT2D eigenvalue weighted by molar-refractivity contribution is 0.357. The Hall–Kier alpha value is -0.990. The molecule has 0 fully saturated rings. The molecule has 1 aliphatic heterocycles. The average molecular weight is 338 g/mol. The highest BCUT2D eigenvalue weighted by molar-refractivity contribution is 9.10. The quantitative estimate of drug-likeness (QED) is 0.699. The van der Waals surface area contributed by atoms with E-state index in [1.807, 2.05) is 6.07 Å². The minimum absolute atomic E-state index is 0.139. The Kier molecular flexibility index (Phi) is 3.55. The zero-order chi connectivity index (χ0) is 13.4. The van der Waals surface area contributed by atoms with E-state index in [4.69, 9.17) is 16.3 Å². The van der Waals surface area contributed by atoms with Gasteiger partial charge in [-0.1, -0.05) is 45.8 Å². The summed E-state index contributed by atoms with van der Waals surface area (Å²) < 4.78 is 6.58. The van der Waals surface area contributed by atoms with Gasteiger partial charge < -0.3 is 4.74 Å². The summed E-state index contributed by atoms with van der Waals surface area (Å²) in [5, 5.41) is -0.139. The Morgan fingerprint density at radius 3 is 2.89 bits per heavy atom. The predicted molar refractivity (Wildman–Crippen MR) is 82.2 cm³/mol. The first kappa shape index (κ1) is 13.0. The van der Waals surface area contributed by atoms with Gasteiger partial charge in [-0.25, -0.2) is 0 Å². The lowest BCUT2D eigenvalue weighted by atomic mass is 10.00. The van der Waals surface area contributed by atoms with Crippen LogP contribution >= 0.6 is 27.5 Å². The van der Waals surface area contributed by atoms with Crippen molar-refractivity contribution in [1.82, 2.24) is 0 Å². The fraction of sp³-hybridized carbons (Fsp3) is 0.250. The number of fused-ring (bicyclic) bond motifs is 1. The molecule has 0 amide bonds. The van der Waals surface area contributed by atoms with Gasteiger partial charge in [0.1, 0.15) is 5.75 Å². The number of halogens is 2. The number of rotatable bonds is 2. The van der Waals surface area contributed by atoms with Crippen molar-refractivity contribution in [3.05, 3.63) is 63.1 Å². The van der Waals surface area contributed by atoms with E-state index in [1.54, 1.807) is 0 Å². The smallest absolute Gasteiger partial charge is 0.122 e. The lowest BCUT2D eigenvalue weighted by Crippen LogP contribution is -1.96. The molecule has 0 aromatic heterocycles. The second kappa shape index (κ2) is 5.18. The van der Waals surface area contributed by atoms with Crippen molar-refractivity contribution in [2.45, 2.75) is 18.7 Å². The molecule has 1 unspecified atom stereocenters. The van der Waals surface area contributed by atoms with Crippen LogP contribution in [0.4, 0.5) is 0 Å². The number of hydrogen-bond donors (Lipinski definition) is 0. The van der Waals surface area contributed by atoms with Gasteiger partial charge in [0.25, 0.3) is 0 Å². The molecule has 2 aromatic carbocycles. The highest BCUT2D eigenvalue weighted by Crippen LogP contribution is 2.37. The van der Waals surface area contributed by atoms with Gasteiger partial charge in [-0.15, -0.1) is 11.6 Å². The summed E-state index contributed by atoms with van der Waals surface area (Å²) in [6.07, 6.45) is 0.974. The van der Waals surface area contributed by atoms with Crippen molar-refractivity contribution < 1.29 is 4.74 Å². The monoisotopic (exact) mass is 336 g/mol. The molecule has 3 rings (SSSR count). The van der Waals surface area contributed by atoms with Crippen molar-refractivity contribution >= 4 is 27.5 Å². The molecule has 0 spiro atoms. The van der Waals surface area contributed by atoms with Gasteiger partial charge >= 0.3 is 0 Å². The molecule has 19 heavy (non-hydrogen) atoms. The maximum absolute atomic E-state index is 6.64. The number of alkyl halides is 1. The largest absolute Gasteiger partial charge is 0.493 e. The summed E-state index contributed by atoms with van der Waals surface area (Å²) in [5.74, 6) is 0.996. The topological polar surface area (TPSA) is 9.23 Å². The van der Waals surface area contributed by atoms with E-state index < -0.39 is 0 Å². The summed E-state index contributed by atoms with van der Waals surface area (Å²) in [6.45, 7) is 2.86. The third kappa shape index (κ3) is 2.52. The van der Waals surface area contributed by atoms with Gasteiger partial charge in [0.05, 0.1) is 12.0 Å². The molecule has 0 N–H and O–H groups in total. The van der Waals surface area contributed by atoms with Crippen LogP contribution in [0.25, 0.3) is 0 Å². The lowest BCUT2D eigenvalue weighted by Gasteiger charge is -2.14. The van der Waals surface area contributed by atoms with Crippen molar-refractivity contribution in [2.24, 2.45) is 0 Å². The van der Waals surface area contributed by atoms with E-state index in [1.165, 1.54) is 11.1 Å². The average Bonchev–Trinajstić information content (AvgIpc) is 2.88. The fourth-order valence-electron chi connectivity index (χ4n) is 2.40. The summed E-state index contributed by atoms with van der Waals surface area (Å²) in [4.78, 5) is 0. The fourth-order valence-corrected chi connectivity index (χ4v) is 3.32. The Morgan fingerprint density at radius 1 is 1.21 bits per heavy atom. The Morgan fingerprint density at radius 2 is 2.05 bits per heavy atom. The van der Waals surface area contributed by atoms with Gasteiger partial charge in [0.2, 0.25) is 0 Å². The first-order valence-electron chi connectivity index (χ1n) is 6.31. The van der Waals surface area contributed by atoms with Crippen LogP contribution in [0.1, 0.15) is 27.6 Å². The zero-order valence-electron chi connectivity index (χ0n) is 10.6. The predicted octanol–water partition coefficient (Wildman–Crippen LogP) is 5.02.